The molecule has 0 spiro atoms. The third-order valence-corrected chi connectivity index (χ3v) is 6.15. The Morgan fingerprint density at radius 3 is 2.93 bits per heavy atom. The molecule has 4 heterocycles. The first-order chi connectivity index (χ1) is 13.9. The van der Waals surface area contributed by atoms with Crippen molar-refractivity contribution in [2.45, 2.75) is 51.3 Å². The molecule has 2 aliphatic rings. The van der Waals surface area contributed by atoms with Crippen LogP contribution in [0.5, 0.6) is 0 Å². The molecule has 28 heavy (non-hydrogen) atoms. The number of nitrogens with one attached hydrogen (secondary N) is 1. The van der Waals surface area contributed by atoms with Crippen molar-refractivity contribution in [1.29, 1.82) is 0 Å². The number of rotatable bonds is 4. The largest absolute Gasteiger partial charge is 0.357 e. The second-order valence-electron chi connectivity index (χ2n) is 8.18. The van der Waals surface area contributed by atoms with Gasteiger partial charge in [0.2, 0.25) is 0 Å². The molecule has 148 valence electrons. The van der Waals surface area contributed by atoms with Gasteiger partial charge in [0.25, 0.3) is 0 Å². The van der Waals surface area contributed by atoms with Crippen molar-refractivity contribution in [3.05, 3.63) is 36.8 Å². The highest BCUT2D eigenvalue weighted by atomic mass is 16.5. The van der Waals surface area contributed by atoms with E-state index in [1.54, 1.807) is 0 Å². The standard InChI is InChI=1S/C22H29N5O/c1-2-11-28-22(5-1)27-16-20(14-25-27)18-6-7-21-19(12-18)13-24-26(21)15-17-4-3-9-23-10-8-17/h6-7,12-14,16-17,22-23H,1-5,8-11,15H2. The van der Waals surface area contributed by atoms with Crippen molar-refractivity contribution in [3.8, 4) is 11.1 Å². The van der Waals surface area contributed by atoms with Crippen LogP contribution in [0.3, 0.4) is 0 Å². The van der Waals surface area contributed by atoms with Crippen LogP contribution in [0.4, 0.5) is 0 Å². The average Bonchev–Trinajstić information content (AvgIpc) is 3.30. The molecule has 2 atom stereocenters. The van der Waals surface area contributed by atoms with Gasteiger partial charge in [-0.05, 0) is 75.2 Å². The van der Waals surface area contributed by atoms with Crippen LogP contribution in [-0.2, 0) is 11.3 Å². The first-order valence-electron chi connectivity index (χ1n) is 10.7. The molecule has 3 aromatic rings. The van der Waals surface area contributed by atoms with Crippen LogP contribution in [0.15, 0.2) is 36.8 Å². The fourth-order valence-corrected chi connectivity index (χ4v) is 4.51. The Hall–Kier alpha value is -2.18. The van der Waals surface area contributed by atoms with E-state index < -0.39 is 0 Å². The van der Waals surface area contributed by atoms with Crippen molar-refractivity contribution < 1.29 is 4.74 Å². The van der Waals surface area contributed by atoms with E-state index >= 15 is 0 Å². The van der Waals surface area contributed by atoms with Gasteiger partial charge in [-0.1, -0.05) is 6.07 Å². The van der Waals surface area contributed by atoms with E-state index in [2.05, 4.69) is 44.6 Å². The molecular weight excluding hydrogens is 350 g/mol. The number of hydrogen-bond donors (Lipinski definition) is 1. The highest BCUT2D eigenvalue weighted by molar-refractivity contribution is 5.84. The first-order valence-corrected chi connectivity index (χ1v) is 10.7. The van der Waals surface area contributed by atoms with E-state index in [4.69, 9.17) is 4.74 Å². The van der Waals surface area contributed by atoms with Gasteiger partial charge < -0.3 is 10.1 Å². The zero-order valence-electron chi connectivity index (χ0n) is 16.4. The van der Waals surface area contributed by atoms with E-state index in [9.17, 15) is 0 Å². The quantitative estimate of drug-likeness (QED) is 0.745. The summed E-state index contributed by atoms with van der Waals surface area (Å²) in [5.74, 6) is 0.714. The minimum Gasteiger partial charge on any atom is -0.357 e. The molecule has 2 saturated heterocycles. The summed E-state index contributed by atoms with van der Waals surface area (Å²) in [4.78, 5) is 0. The summed E-state index contributed by atoms with van der Waals surface area (Å²) in [6.45, 7) is 4.13. The lowest BCUT2D eigenvalue weighted by Gasteiger charge is -2.22. The lowest BCUT2D eigenvalue weighted by molar-refractivity contribution is -0.0394. The molecule has 2 aromatic heterocycles. The second-order valence-corrected chi connectivity index (χ2v) is 8.18. The van der Waals surface area contributed by atoms with Crippen LogP contribution in [0.2, 0.25) is 0 Å². The number of aromatic nitrogens is 4. The fraction of sp³-hybridized carbons (Fsp3) is 0.545. The van der Waals surface area contributed by atoms with Gasteiger partial charge in [0.05, 0.1) is 17.9 Å². The summed E-state index contributed by atoms with van der Waals surface area (Å²) >= 11 is 0. The van der Waals surface area contributed by atoms with Crippen LogP contribution in [0.1, 0.15) is 44.8 Å². The Morgan fingerprint density at radius 2 is 2.00 bits per heavy atom. The molecule has 0 aliphatic carbocycles. The lowest BCUT2D eigenvalue weighted by Crippen LogP contribution is -2.18. The monoisotopic (exact) mass is 379 g/mol. The van der Waals surface area contributed by atoms with Crippen LogP contribution in [0, 0.1) is 5.92 Å². The van der Waals surface area contributed by atoms with E-state index in [1.807, 2.05) is 17.1 Å². The van der Waals surface area contributed by atoms with Crippen LogP contribution >= 0.6 is 0 Å². The van der Waals surface area contributed by atoms with Gasteiger partial charge in [0, 0.05) is 30.3 Å². The summed E-state index contributed by atoms with van der Waals surface area (Å²) < 4.78 is 10.0. The van der Waals surface area contributed by atoms with E-state index in [0.717, 1.165) is 44.6 Å². The summed E-state index contributed by atoms with van der Waals surface area (Å²) in [5.41, 5.74) is 3.55. The molecule has 5 rings (SSSR count). The molecule has 0 radical (unpaired) electrons. The van der Waals surface area contributed by atoms with E-state index in [-0.39, 0.29) is 6.23 Å². The van der Waals surface area contributed by atoms with Gasteiger partial charge in [-0.3, -0.25) is 4.68 Å². The minimum absolute atomic E-state index is 0.0862. The Balaban J connectivity index is 1.35. The van der Waals surface area contributed by atoms with E-state index in [0.29, 0.717) is 5.92 Å². The summed E-state index contributed by atoms with van der Waals surface area (Å²) in [5, 5.41) is 13.9. The smallest absolute Gasteiger partial charge is 0.150 e. The molecule has 0 bridgehead atoms. The van der Waals surface area contributed by atoms with Gasteiger partial charge >= 0.3 is 0 Å². The number of ether oxygens (including phenoxy) is 1. The zero-order valence-corrected chi connectivity index (χ0v) is 16.4. The van der Waals surface area contributed by atoms with Crippen molar-refractivity contribution in [2.24, 2.45) is 5.92 Å². The first kappa shape index (κ1) is 17.9. The summed E-state index contributed by atoms with van der Waals surface area (Å²) in [6.07, 6.45) is 13.3. The molecule has 6 nitrogen and oxygen atoms in total. The maximum atomic E-state index is 5.85. The molecule has 2 aliphatic heterocycles. The Morgan fingerprint density at radius 1 is 1.00 bits per heavy atom. The topological polar surface area (TPSA) is 56.9 Å². The Kier molecular flexibility index (Phi) is 5.14. The van der Waals surface area contributed by atoms with Gasteiger partial charge in [-0.25, -0.2) is 4.68 Å². The predicted molar refractivity (Wildman–Crippen MR) is 110 cm³/mol. The number of nitrogens with zero attached hydrogens (tertiary/aromatic N) is 4. The van der Waals surface area contributed by atoms with Gasteiger partial charge in [0.15, 0.2) is 0 Å². The van der Waals surface area contributed by atoms with Crippen molar-refractivity contribution in [1.82, 2.24) is 24.9 Å². The minimum atomic E-state index is 0.0862. The third-order valence-electron chi connectivity index (χ3n) is 6.15. The molecule has 0 amide bonds. The van der Waals surface area contributed by atoms with E-state index in [1.165, 1.54) is 42.1 Å². The predicted octanol–water partition coefficient (Wildman–Crippen LogP) is 3.99. The molecule has 6 heteroatoms. The van der Waals surface area contributed by atoms with Crippen LogP contribution in [-0.4, -0.2) is 39.3 Å². The maximum absolute atomic E-state index is 5.85. The number of benzene rings is 1. The van der Waals surface area contributed by atoms with Crippen LogP contribution < -0.4 is 5.32 Å². The van der Waals surface area contributed by atoms with Gasteiger partial charge in [0.1, 0.15) is 6.23 Å². The Bertz CT molecular complexity index is 916. The molecule has 2 unspecified atom stereocenters. The summed E-state index contributed by atoms with van der Waals surface area (Å²) in [7, 11) is 0. The normalized spacial score (nSPS) is 23.7. The molecule has 1 N–H and O–H groups in total. The average molecular weight is 380 g/mol. The third kappa shape index (κ3) is 3.71. The Labute approximate surface area is 165 Å². The molecule has 0 saturated carbocycles. The molecule has 1 aromatic carbocycles. The van der Waals surface area contributed by atoms with Crippen molar-refractivity contribution in [2.75, 3.05) is 19.7 Å². The van der Waals surface area contributed by atoms with Gasteiger partial charge in [-0.2, -0.15) is 10.2 Å². The van der Waals surface area contributed by atoms with Gasteiger partial charge in [-0.15, -0.1) is 0 Å². The van der Waals surface area contributed by atoms with Crippen LogP contribution in [0.25, 0.3) is 22.0 Å². The maximum Gasteiger partial charge on any atom is 0.150 e. The molecular formula is C22H29N5O. The summed E-state index contributed by atoms with van der Waals surface area (Å²) in [6, 6.07) is 6.63. The number of fused-ring (bicyclic) bond motifs is 1. The zero-order chi connectivity index (χ0) is 18.8. The highest BCUT2D eigenvalue weighted by Gasteiger charge is 2.18. The van der Waals surface area contributed by atoms with Crippen molar-refractivity contribution >= 4 is 10.9 Å². The lowest BCUT2D eigenvalue weighted by atomic mass is 10.0. The second kappa shape index (κ2) is 8.05. The highest BCUT2D eigenvalue weighted by Crippen LogP contribution is 2.28. The fourth-order valence-electron chi connectivity index (χ4n) is 4.51. The number of hydrogen-bond acceptors (Lipinski definition) is 4. The molecule has 2 fully saturated rings. The SMILES string of the molecule is c1cc2c(cnn2CC2CCCNCC2)cc1-c1cnn(C2CCCCO2)c1. The van der Waals surface area contributed by atoms with Crippen molar-refractivity contribution in [3.63, 3.8) is 0 Å².